The first kappa shape index (κ1) is 15.7. The summed E-state index contributed by atoms with van der Waals surface area (Å²) in [6.45, 7) is 0. The third-order valence-electron chi connectivity index (χ3n) is 3.59. The van der Waals surface area contributed by atoms with Gasteiger partial charge in [-0.25, -0.2) is 8.78 Å². The molecule has 0 amide bonds. The van der Waals surface area contributed by atoms with Crippen LogP contribution in [0.15, 0.2) is 54.7 Å². The lowest BCUT2D eigenvalue weighted by Crippen LogP contribution is -2.09. The second-order valence-corrected chi connectivity index (χ2v) is 5.08. The van der Waals surface area contributed by atoms with Crippen molar-refractivity contribution in [3.63, 3.8) is 0 Å². The lowest BCUT2D eigenvalue weighted by molar-refractivity contribution is 0.103. The van der Waals surface area contributed by atoms with Crippen LogP contribution in [0.5, 0.6) is 11.5 Å². The molecule has 6 heteroatoms. The summed E-state index contributed by atoms with van der Waals surface area (Å²) in [5.41, 5.74) is 0.709. The summed E-state index contributed by atoms with van der Waals surface area (Å²) >= 11 is 0. The van der Waals surface area contributed by atoms with E-state index in [1.165, 1.54) is 17.9 Å². The third-order valence-corrected chi connectivity index (χ3v) is 3.59. The number of carbonyl (C=O) groups is 1. The van der Waals surface area contributed by atoms with Crippen molar-refractivity contribution in [2.75, 3.05) is 7.11 Å². The van der Waals surface area contributed by atoms with E-state index in [1.54, 1.807) is 36.4 Å². The molecule has 1 N–H and O–H groups in total. The van der Waals surface area contributed by atoms with Gasteiger partial charge in [0, 0.05) is 23.9 Å². The minimum Gasteiger partial charge on any atom is -0.503 e. The number of methoxy groups -OCH3 is 1. The number of carbonyl (C=O) groups excluding carboxylic acids is 1. The van der Waals surface area contributed by atoms with Crippen molar-refractivity contribution >= 4 is 5.78 Å². The second kappa shape index (κ2) is 6.16. The van der Waals surface area contributed by atoms with Gasteiger partial charge in [-0.2, -0.15) is 0 Å². The molecular weight excluding hydrogens is 316 g/mol. The van der Waals surface area contributed by atoms with Gasteiger partial charge < -0.3 is 14.4 Å². The van der Waals surface area contributed by atoms with E-state index < -0.39 is 17.4 Å². The number of ketones is 1. The van der Waals surface area contributed by atoms with Gasteiger partial charge in [0.15, 0.2) is 17.4 Å². The Hall–Kier alpha value is -3.15. The maximum Gasteiger partial charge on any atom is 0.209 e. The predicted octanol–water partition coefficient (Wildman–Crippen LogP) is 3.70. The summed E-state index contributed by atoms with van der Waals surface area (Å²) in [6, 6.07) is 11.7. The summed E-state index contributed by atoms with van der Waals surface area (Å²) in [6.07, 6.45) is 1.51. The molecule has 0 radical (unpaired) electrons. The second-order valence-electron chi connectivity index (χ2n) is 5.08. The number of halogens is 2. The minimum absolute atomic E-state index is 0.0963. The molecule has 0 atom stereocenters. The number of phenolic OH excluding ortho intramolecular Hbond substituents is 1. The molecule has 24 heavy (non-hydrogen) atoms. The fourth-order valence-corrected chi connectivity index (χ4v) is 2.39. The molecule has 0 fully saturated rings. The Kier molecular flexibility index (Phi) is 4.04. The number of hydrogen-bond acceptors (Lipinski definition) is 3. The Labute approximate surface area is 136 Å². The normalized spacial score (nSPS) is 10.6. The lowest BCUT2D eigenvalue weighted by atomic mass is 10.1. The molecule has 0 aliphatic rings. The molecule has 3 aromatic rings. The van der Waals surface area contributed by atoms with Gasteiger partial charge in [0.25, 0.3) is 0 Å². The topological polar surface area (TPSA) is 51.5 Å². The van der Waals surface area contributed by atoms with Crippen molar-refractivity contribution in [3.8, 4) is 17.2 Å². The first-order chi connectivity index (χ1) is 11.5. The van der Waals surface area contributed by atoms with Crippen LogP contribution in [0.4, 0.5) is 8.78 Å². The summed E-state index contributed by atoms with van der Waals surface area (Å²) in [5, 5.41) is 9.20. The van der Waals surface area contributed by atoms with Crippen LogP contribution in [-0.2, 0) is 0 Å². The first-order valence-corrected chi connectivity index (χ1v) is 7.05. The first-order valence-electron chi connectivity index (χ1n) is 7.05. The zero-order chi connectivity index (χ0) is 17.3. The number of nitrogens with zero attached hydrogens (tertiary/aromatic N) is 1. The summed E-state index contributed by atoms with van der Waals surface area (Å²) < 4.78 is 33.6. The molecule has 0 bridgehead atoms. The Bertz CT molecular complexity index is 895. The van der Waals surface area contributed by atoms with Gasteiger partial charge in [-0.15, -0.1) is 0 Å². The van der Waals surface area contributed by atoms with Crippen molar-refractivity contribution < 1.29 is 23.4 Å². The number of hydrogen-bond donors (Lipinski definition) is 1. The van der Waals surface area contributed by atoms with E-state index in [9.17, 15) is 18.7 Å². The van der Waals surface area contributed by atoms with Crippen molar-refractivity contribution in [1.82, 2.24) is 4.57 Å². The van der Waals surface area contributed by atoms with Crippen molar-refractivity contribution in [1.29, 1.82) is 0 Å². The van der Waals surface area contributed by atoms with Gasteiger partial charge in [-0.1, -0.05) is 12.1 Å². The van der Waals surface area contributed by atoms with Crippen LogP contribution in [0.25, 0.3) is 5.69 Å². The standard InChI is InChI=1S/C18H13F2NO3/c1-24-13-5-2-4-11(8-13)17(22)16-6-3-7-21(16)12-9-14(19)18(23)15(20)10-12/h2-10,23H,1H3. The van der Waals surface area contributed by atoms with Crippen LogP contribution in [-0.4, -0.2) is 22.6 Å². The molecule has 0 unspecified atom stereocenters. The molecule has 2 aromatic carbocycles. The van der Waals surface area contributed by atoms with Crippen LogP contribution in [0.3, 0.4) is 0 Å². The molecule has 0 aliphatic heterocycles. The predicted molar refractivity (Wildman–Crippen MR) is 83.8 cm³/mol. The van der Waals surface area contributed by atoms with E-state index in [0.29, 0.717) is 11.3 Å². The van der Waals surface area contributed by atoms with Gasteiger partial charge in [0.2, 0.25) is 5.78 Å². The molecular formula is C18H13F2NO3. The van der Waals surface area contributed by atoms with E-state index >= 15 is 0 Å². The highest BCUT2D eigenvalue weighted by molar-refractivity contribution is 6.08. The van der Waals surface area contributed by atoms with Crippen LogP contribution < -0.4 is 4.74 Å². The number of ether oxygens (including phenoxy) is 1. The number of benzene rings is 2. The van der Waals surface area contributed by atoms with E-state index in [1.807, 2.05) is 0 Å². The Morgan fingerprint density at radius 2 is 1.79 bits per heavy atom. The highest BCUT2D eigenvalue weighted by Crippen LogP contribution is 2.25. The molecule has 1 heterocycles. The maximum absolute atomic E-state index is 13.6. The molecule has 122 valence electrons. The van der Waals surface area contributed by atoms with Crippen molar-refractivity contribution in [2.45, 2.75) is 0 Å². The van der Waals surface area contributed by atoms with Crippen molar-refractivity contribution in [3.05, 3.63) is 77.6 Å². The average molecular weight is 329 g/mol. The van der Waals surface area contributed by atoms with Gasteiger partial charge in [-0.05, 0) is 24.3 Å². The quantitative estimate of drug-likeness (QED) is 0.743. The summed E-state index contributed by atoms with van der Waals surface area (Å²) in [4.78, 5) is 12.7. The Morgan fingerprint density at radius 3 is 2.46 bits per heavy atom. The van der Waals surface area contributed by atoms with Gasteiger partial charge in [0.05, 0.1) is 18.5 Å². The zero-order valence-corrected chi connectivity index (χ0v) is 12.7. The van der Waals surface area contributed by atoms with Gasteiger partial charge in [0.1, 0.15) is 5.75 Å². The fraction of sp³-hybridized carbons (Fsp3) is 0.0556. The van der Waals surface area contributed by atoms with Gasteiger partial charge in [-0.3, -0.25) is 4.79 Å². The highest BCUT2D eigenvalue weighted by Gasteiger charge is 2.17. The zero-order valence-electron chi connectivity index (χ0n) is 12.7. The Balaban J connectivity index is 2.06. The molecule has 0 aliphatic carbocycles. The van der Waals surface area contributed by atoms with Crippen LogP contribution >= 0.6 is 0 Å². The lowest BCUT2D eigenvalue weighted by Gasteiger charge is -2.10. The average Bonchev–Trinajstić information content (AvgIpc) is 3.08. The SMILES string of the molecule is COc1cccc(C(=O)c2cccn2-c2cc(F)c(O)c(F)c2)c1. The van der Waals surface area contributed by atoms with Crippen molar-refractivity contribution in [2.24, 2.45) is 0 Å². The van der Waals surface area contributed by atoms with E-state index in [-0.39, 0.29) is 17.2 Å². The number of rotatable bonds is 4. The molecule has 0 saturated carbocycles. The van der Waals surface area contributed by atoms with E-state index in [4.69, 9.17) is 4.74 Å². The van der Waals surface area contributed by atoms with Crippen LogP contribution in [0.1, 0.15) is 16.1 Å². The monoisotopic (exact) mass is 329 g/mol. The number of phenols is 1. The van der Waals surface area contributed by atoms with E-state index in [0.717, 1.165) is 12.1 Å². The van der Waals surface area contributed by atoms with Crippen LogP contribution in [0.2, 0.25) is 0 Å². The molecule has 0 spiro atoms. The summed E-state index contributed by atoms with van der Waals surface area (Å²) in [7, 11) is 1.49. The smallest absolute Gasteiger partial charge is 0.209 e. The highest BCUT2D eigenvalue weighted by atomic mass is 19.1. The number of aromatic hydroxyl groups is 1. The molecule has 0 saturated heterocycles. The minimum atomic E-state index is -1.10. The number of aromatic nitrogens is 1. The van der Waals surface area contributed by atoms with Crippen LogP contribution in [0, 0.1) is 11.6 Å². The summed E-state index contributed by atoms with van der Waals surface area (Å²) in [5.74, 6) is -3.04. The van der Waals surface area contributed by atoms with Gasteiger partial charge >= 0.3 is 0 Å². The molecule has 4 nitrogen and oxygen atoms in total. The fourth-order valence-electron chi connectivity index (χ4n) is 2.39. The van der Waals surface area contributed by atoms with E-state index in [2.05, 4.69) is 0 Å². The molecule has 1 aromatic heterocycles. The third kappa shape index (κ3) is 2.74. The largest absolute Gasteiger partial charge is 0.503 e. The maximum atomic E-state index is 13.6. The Morgan fingerprint density at radius 1 is 1.08 bits per heavy atom. The molecule has 3 rings (SSSR count).